The zero-order valence-corrected chi connectivity index (χ0v) is 16.4. The molecule has 0 saturated heterocycles. The summed E-state index contributed by atoms with van der Waals surface area (Å²) in [5, 5.41) is 0. The molecule has 0 bridgehead atoms. The maximum atomic E-state index is 14.9. The van der Waals surface area contributed by atoms with E-state index in [1.807, 2.05) is 24.3 Å². The van der Waals surface area contributed by atoms with Crippen LogP contribution in [-0.4, -0.2) is 26.6 Å². The van der Waals surface area contributed by atoms with Gasteiger partial charge < -0.3 is 5.73 Å². The molecule has 0 radical (unpaired) electrons. The number of benzene rings is 2. The number of primary amides is 1. The smallest absolute Gasteiger partial charge is 0.221 e. The number of amides is 1. The van der Waals surface area contributed by atoms with Gasteiger partial charge in [0, 0.05) is 6.54 Å². The van der Waals surface area contributed by atoms with Crippen molar-refractivity contribution in [1.29, 1.82) is 0 Å². The second kappa shape index (κ2) is 8.63. The van der Waals surface area contributed by atoms with Crippen LogP contribution in [0.5, 0.6) is 0 Å². The third kappa shape index (κ3) is 6.15. The summed E-state index contributed by atoms with van der Waals surface area (Å²) in [4.78, 5) is 11.0. The summed E-state index contributed by atoms with van der Waals surface area (Å²) >= 11 is 0. The van der Waals surface area contributed by atoms with E-state index in [1.165, 1.54) is 6.92 Å². The van der Waals surface area contributed by atoms with Crippen LogP contribution in [0.15, 0.2) is 48.5 Å². The van der Waals surface area contributed by atoms with Gasteiger partial charge in [0.15, 0.2) is 0 Å². The summed E-state index contributed by atoms with van der Waals surface area (Å²) in [5.41, 5.74) is 6.42. The fraction of sp³-hybridized carbons (Fsp3) is 0.350. The van der Waals surface area contributed by atoms with E-state index in [1.54, 1.807) is 31.2 Å². The number of hydrogen-bond donors (Lipinski definition) is 2. The number of hydrogen-bond acceptors (Lipinski definition) is 3. The van der Waals surface area contributed by atoms with Crippen LogP contribution in [0.1, 0.15) is 31.4 Å². The molecule has 1 amide bonds. The predicted octanol–water partition coefficient (Wildman–Crippen LogP) is 2.90. The number of alkyl halides is 1. The SMILES string of the molecule is CCCS(=O)(=O)NCC(C)(F)c1ccc(-c2ccc(CC(N)=O)cc2)cc1. The Bertz CT molecular complexity index is 876. The van der Waals surface area contributed by atoms with Gasteiger partial charge in [-0.2, -0.15) is 0 Å². The third-order valence-electron chi connectivity index (χ3n) is 4.25. The minimum absolute atomic E-state index is 0.0201. The number of rotatable bonds is 9. The van der Waals surface area contributed by atoms with Gasteiger partial charge in [0.05, 0.1) is 12.2 Å². The van der Waals surface area contributed by atoms with Crippen molar-refractivity contribution in [3.8, 4) is 11.1 Å². The van der Waals surface area contributed by atoms with E-state index in [4.69, 9.17) is 5.73 Å². The topological polar surface area (TPSA) is 89.3 Å². The van der Waals surface area contributed by atoms with E-state index in [2.05, 4.69) is 4.72 Å². The van der Waals surface area contributed by atoms with Crippen LogP contribution in [0.3, 0.4) is 0 Å². The number of nitrogens with one attached hydrogen (secondary N) is 1. The highest BCUT2D eigenvalue weighted by atomic mass is 32.2. The molecule has 0 aliphatic heterocycles. The molecule has 3 N–H and O–H groups in total. The first-order valence-electron chi connectivity index (χ1n) is 8.77. The molecule has 146 valence electrons. The molecule has 0 aliphatic carbocycles. The minimum Gasteiger partial charge on any atom is -0.369 e. The summed E-state index contributed by atoms with van der Waals surface area (Å²) < 4.78 is 40.7. The molecule has 1 unspecified atom stereocenters. The highest BCUT2D eigenvalue weighted by Gasteiger charge is 2.27. The number of carbonyl (C=O) groups is 1. The fourth-order valence-corrected chi connectivity index (χ4v) is 3.89. The van der Waals surface area contributed by atoms with Gasteiger partial charge in [-0.25, -0.2) is 17.5 Å². The molecule has 27 heavy (non-hydrogen) atoms. The van der Waals surface area contributed by atoms with Gasteiger partial charge in [-0.15, -0.1) is 0 Å². The first kappa shape index (κ1) is 21.1. The normalized spacial score (nSPS) is 13.9. The molecule has 0 saturated carbocycles. The number of nitrogens with two attached hydrogens (primary N) is 1. The second-order valence-corrected chi connectivity index (χ2v) is 8.68. The zero-order chi connectivity index (χ0) is 20.1. The minimum atomic E-state index is -3.46. The summed E-state index contributed by atoms with van der Waals surface area (Å²) in [6.07, 6.45) is 0.665. The van der Waals surface area contributed by atoms with Gasteiger partial charge in [0.1, 0.15) is 5.67 Å². The Labute approximate surface area is 159 Å². The predicted molar refractivity (Wildman–Crippen MR) is 105 cm³/mol. The van der Waals surface area contributed by atoms with Crippen molar-refractivity contribution in [1.82, 2.24) is 4.72 Å². The molecule has 5 nitrogen and oxygen atoms in total. The Morgan fingerprint density at radius 2 is 1.59 bits per heavy atom. The molecule has 0 aliphatic rings. The lowest BCUT2D eigenvalue weighted by atomic mass is 9.95. The van der Waals surface area contributed by atoms with Crippen molar-refractivity contribution >= 4 is 15.9 Å². The highest BCUT2D eigenvalue weighted by Crippen LogP contribution is 2.28. The van der Waals surface area contributed by atoms with Crippen LogP contribution in [0.4, 0.5) is 4.39 Å². The van der Waals surface area contributed by atoms with E-state index in [9.17, 15) is 17.6 Å². The molecule has 7 heteroatoms. The van der Waals surface area contributed by atoms with Crippen molar-refractivity contribution in [3.05, 3.63) is 59.7 Å². The molecular weight excluding hydrogens is 367 g/mol. The van der Waals surface area contributed by atoms with E-state index < -0.39 is 15.7 Å². The van der Waals surface area contributed by atoms with E-state index in [-0.39, 0.29) is 24.6 Å². The molecule has 0 heterocycles. The van der Waals surface area contributed by atoms with Crippen LogP contribution >= 0.6 is 0 Å². The van der Waals surface area contributed by atoms with Gasteiger partial charge in [0.2, 0.25) is 15.9 Å². The van der Waals surface area contributed by atoms with E-state index >= 15 is 0 Å². The van der Waals surface area contributed by atoms with Crippen LogP contribution < -0.4 is 10.5 Å². The molecular formula is C20H25FN2O3S. The maximum Gasteiger partial charge on any atom is 0.221 e. The van der Waals surface area contributed by atoms with Gasteiger partial charge in [0.25, 0.3) is 0 Å². The van der Waals surface area contributed by atoms with Crippen molar-refractivity contribution in [2.45, 2.75) is 32.4 Å². The van der Waals surface area contributed by atoms with Crippen LogP contribution in [0, 0.1) is 0 Å². The first-order valence-corrected chi connectivity index (χ1v) is 10.4. The lowest BCUT2D eigenvalue weighted by Gasteiger charge is -2.21. The second-order valence-electron chi connectivity index (χ2n) is 6.75. The summed E-state index contributed by atoms with van der Waals surface area (Å²) in [7, 11) is -3.46. The summed E-state index contributed by atoms with van der Waals surface area (Å²) in [6, 6.07) is 14.3. The molecule has 2 aromatic carbocycles. The number of carbonyl (C=O) groups excluding carboxylic acids is 1. The molecule has 2 rings (SSSR count). The quantitative estimate of drug-likeness (QED) is 0.688. The molecule has 0 aromatic heterocycles. The third-order valence-corrected chi connectivity index (χ3v) is 5.78. The molecule has 0 fully saturated rings. The summed E-state index contributed by atoms with van der Waals surface area (Å²) in [5.74, 6) is -0.405. The maximum absolute atomic E-state index is 14.9. The van der Waals surface area contributed by atoms with Crippen molar-refractivity contribution in [3.63, 3.8) is 0 Å². The number of halogens is 1. The Hall–Kier alpha value is -2.25. The van der Waals surface area contributed by atoms with Crippen molar-refractivity contribution in [2.75, 3.05) is 12.3 Å². The van der Waals surface area contributed by atoms with Gasteiger partial charge >= 0.3 is 0 Å². The average Bonchev–Trinajstić information content (AvgIpc) is 2.61. The van der Waals surface area contributed by atoms with Gasteiger partial charge in [-0.1, -0.05) is 55.5 Å². The lowest BCUT2D eigenvalue weighted by Crippen LogP contribution is -2.36. The standard InChI is InChI=1S/C20H25FN2O3S/c1-3-12-27(25,26)23-14-20(2,21)18-10-8-17(9-11-18)16-6-4-15(5-7-16)13-19(22)24/h4-11,23H,3,12-14H2,1-2H3,(H2,22,24). The first-order chi connectivity index (χ1) is 12.6. The highest BCUT2D eigenvalue weighted by molar-refractivity contribution is 7.89. The number of sulfonamides is 1. The largest absolute Gasteiger partial charge is 0.369 e. The van der Waals surface area contributed by atoms with Crippen LogP contribution in [0.25, 0.3) is 11.1 Å². The van der Waals surface area contributed by atoms with E-state index in [0.29, 0.717) is 12.0 Å². The average molecular weight is 392 g/mol. The lowest BCUT2D eigenvalue weighted by molar-refractivity contribution is -0.117. The van der Waals surface area contributed by atoms with E-state index in [0.717, 1.165) is 16.7 Å². The Morgan fingerprint density at radius 3 is 2.07 bits per heavy atom. The Morgan fingerprint density at radius 1 is 1.07 bits per heavy atom. The Kier molecular flexibility index (Phi) is 6.73. The van der Waals surface area contributed by atoms with Crippen LogP contribution in [-0.2, 0) is 26.9 Å². The van der Waals surface area contributed by atoms with Crippen molar-refractivity contribution < 1.29 is 17.6 Å². The fourth-order valence-electron chi connectivity index (χ4n) is 2.71. The monoisotopic (exact) mass is 392 g/mol. The molecule has 0 spiro atoms. The summed E-state index contributed by atoms with van der Waals surface area (Å²) in [6.45, 7) is 2.80. The molecule has 1 atom stereocenters. The Balaban J connectivity index is 2.10. The van der Waals surface area contributed by atoms with Gasteiger partial charge in [-0.05, 0) is 35.6 Å². The van der Waals surface area contributed by atoms with Crippen molar-refractivity contribution in [2.24, 2.45) is 5.73 Å². The molecule has 2 aromatic rings. The van der Waals surface area contributed by atoms with Gasteiger partial charge in [-0.3, -0.25) is 4.79 Å². The van der Waals surface area contributed by atoms with Crippen LogP contribution in [0.2, 0.25) is 0 Å². The zero-order valence-electron chi connectivity index (χ0n) is 15.5.